The number of carbonyl (C=O) groups excluding carboxylic acids is 1. The molecule has 1 aliphatic heterocycles. The van der Waals surface area contributed by atoms with Crippen molar-refractivity contribution in [2.24, 2.45) is 5.92 Å². The Kier molecular flexibility index (Phi) is 5.60. The Balaban J connectivity index is 2.12. The zero-order valence-electron chi connectivity index (χ0n) is 11.5. The van der Waals surface area contributed by atoms with Gasteiger partial charge in [-0.25, -0.2) is 0 Å². The monoisotopic (exact) mass is 404 g/mol. The molecule has 1 aromatic carbocycles. The maximum Gasteiger partial charge on any atom is 0.231 e. The summed E-state index contributed by atoms with van der Waals surface area (Å²) in [5, 5.41) is 6.27. The van der Waals surface area contributed by atoms with Gasteiger partial charge < -0.3 is 15.4 Å². The van der Waals surface area contributed by atoms with Crippen LogP contribution in [0.25, 0.3) is 0 Å². The van der Waals surface area contributed by atoms with Crippen LogP contribution in [-0.2, 0) is 9.53 Å². The number of hydrogen-bond acceptors (Lipinski definition) is 3. The number of rotatable bonds is 4. The van der Waals surface area contributed by atoms with Crippen molar-refractivity contribution in [1.29, 1.82) is 0 Å². The third kappa shape index (κ3) is 3.61. The first kappa shape index (κ1) is 15.9. The van der Waals surface area contributed by atoms with Crippen molar-refractivity contribution in [2.75, 3.05) is 25.1 Å². The van der Waals surface area contributed by atoms with E-state index in [0.29, 0.717) is 13.2 Å². The lowest BCUT2D eigenvalue weighted by molar-refractivity contribution is -0.120. The van der Waals surface area contributed by atoms with Crippen LogP contribution in [0.2, 0.25) is 0 Å². The van der Waals surface area contributed by atoms with Gasteiger partial charge in [-0.1, -0.05) is 6.92 Å². The molecule has 1 fully saturated rings. The van der Waals surface area contributed by atoms with Crippen molar-refractivity contribution in [3.8, 4) is 0 Å². The van der Waals surface area contributed by atoms with Crippen LogP contribution in [0.15, 0.2) is 21.1 Å². The van der Waals surface area contributed by atoms with E-state index in [0.717, 1.165) is 26.7 Å². The van der Waals surface area contributed by atoms with Gasteiger partial charge in [-0.05, 0) is 63.0 Å². The van der Waals surface area contributed by atoms with Gasteiger partial charge in [0.15, 0.2) is 0 Å². The maximum absolute atomic E-state index is 12.4. The summed E-state index contributed by atoms with van der Waals surface area (Å²) >= 11 is 6.98. The Morgan fingerprint density at radius 1 is 1.35 bits per heavy atom. The molecule has 2 N–H and O–H groups in total. The van der Waals surface area contributed by atoms with Crippen molar-refractivity contribution < 1.29 is 9.53 Å². The molecule has 1 saturated heterocycles. The Bertz CT molecular complexity index is 485. The van der Waals surface area contributed by atoms with Gasteiger partial charge in [-0.2, -0.15) is 0 Å². The Morgan fingerprint density at radius 2 is 2.00 bits per heavy atom. The second-order valence-corrected chi connectivity index (χ2v) is 6.61. The zero-order chi connectivity index (χ0) is 14.7. The highest BCUT2D eigenvalue weighted by molar-refractivity contribution is 9.11. The van der Waals surface area contributed by atoms with Gasteiger partial charge in [0.05, 0.1) is 24.8 Å². The van der Waals surface area contributed by atoms with Gasteiger partial charge in [0.1, 0.15) is 0 Å². The Hall–Kier alpha value is -0.430. The molecule has 1 amide bonds. The highest BCUT2D eigenvalue weighted by Crippen LogP contribution is 2.33. The summed E-state index contributed by atoms with van der Waals surface area (Å²) < 4.78 is 7.16. The lowest BCUT2D eigenvalue weighted by Gasteiger charge is -2.19. The molecule has 1 heterocycles. The van der Waals surface area contributed by atoms with Crippen LogP contribution in [0.5, 0.6) is 0 Å². The summed E-state index contributed by atoms with van der Waals surface area (Å²) in [6.07, 6.45) is 0. The van der Waals surface area contributed by atoms with Crippen LogP contribution < -0.4 is 10.6 Å². The van der Waals surface area contributed by atoms with Gasteiger partial charge in [0.2, 0.25) is 5.91 Å². The molecule has 2 atom stereocenters. The number of hydrogen-bond donors (Lipinski definition) is 2. The number of nitrogens with one attached hydrogen (secondary N) is 2. The Morgan fingerprint density at radius 3 is 2.60 bits per heavy atom. The first-order chi connectivity index (χ1) is 9.52. The number of benzene rings is 1. The van der Waals surface area contributed by atoms with Gasteiger partial charge in [0.25, 0.3) is 0 Å². The van der Waals surface area contributed by atoms with E-state index in [2.05, 4.69) is 42.5 Å². The summed E-state index contributed by atoms with van der Waals surface area (Å²) in [7, 11) is 0. The zero-order valence-corrected chi connectivity index (χ0v) is 14.7. The molecule has 20 heavy (non-hydrogen) atoms. The molecule has 2 rings (SSSR count). The number of halogens is 2. The lowest BCUT2D eigenvalue weighted by atomic mass is 10.0. The van der Waals surface area contributed by atoms with E-state index in [1.807, 2.05) is 26.0 Å². The molecule has 0 aromatic heterocycles. The summed E-state index contributed by atoms with van der Waals surface area (Å²) in [6, 6.07) is 4.05. The average Bonchev–Trinajstić information content (AvgIpc) is 2.82. The van der Waals surface area contributed by atoms with Crippen LogP contribution in [0.1, 0.15) is 12.5 Å². The minimum Gasteiger partial charge on any atom is -0.379 e. The SMILES string of the molecule is CCNC1COCC1C(=O)Nc1c(Br)cc(C)cc1Br. The minimum atomic E-state index is -0.157. The first-order valence-electron chi connectivity index (χ1n) is 6.60. The molecule has 0 radical (unpaired) electrons. The van der Waals surface area contributed by atoms with Crippen LogP contribution >= 0.6 is 31.9 Å². The number of likely N-dealkylation sites (N-methyl/N-ethyl adjacent to an activating group) is 1. The van der Waals surface area contributed by atoms with E-state index >= 15 is 0 Å². The number of ether oxygens (including phenoxy) is 1. The molecule has 0 spiro atoms. The van der Waals surface area contributed by atoms with Crippen LogP contribution in [0.4, 0.5) is 5.69 Å². The van der Waals surface area contributed by atoms with Gasteiger partial charge in [-0.15, -0.1) is 0 Å². The second kappa shape index (κ2) is 7.02. The fourth-order valence-electron chi connectivity index (χ4n) is 2.31. The fourth-order valence-corrected chi connectivity index (χ4v) is 3.92. The highest BCUT2D eigenvalue weighted by atomic mass is 79.9. The largest absolute Gasteiger partial charge is 0.379 e. The van der Waals surface area contributed by atoms with Crippen molar-refractivity contribution in [3.05, 3.63) is 26.6 Å². The molecule has 6 heteroatoms. The average molecular weight is 406 g/mol. The molecular formula is C14H18Br2N2O2. The van der Waals surface area contributed by atoms with E-state index < -0.39 is 0 Å². The standard InChI is InChI=1S/C14H18Br2N2O2/c1-3-17-12-7-20-6-9(12)14(19)18-13-10(15)4-8(2)5-11(13)16/h4-5,9,12,17H,3,6-7H2,1-2H3,(H,18,19). The second-order valence-electron chi connectivity index (χ2n) is 4.90. The first-order valence-corrected chi connectivity index (χ1v) is 8.19. The van der Waals surface area contributed by atoms with E-state index in [-0.39, 0.29) is 17.9 Å². The molecule has 1 aromatic rings. The number of carbonyl (C=O) groups is 1. The molecule has 2 unspecified atom stereocenters. The van der Waals surface area contributed by atoms with Gasteiger partial charge >= 0.3 is 0 Å². The normalized spacial score (nSPS) is 22.0. The third-order valence-electron chi connectivity index (χ3n) is 3.32. The van der Waals surface area contributed by atoms with Crippen molar-refractivity contribution >= 4 is 43.5 Å². The number of amides is 1. The number of anilines is 1. The van der Waals surface area contributed by atoms with Gasteiger partial charge in [0, 0.05) is 15.0 Å². The van der Waals surface area contributed by atoms with E-state index in [9.17, 15) is 4.79 Å². The molecule has 1 aliphatic rings. The lowest BCUT2D eigenvalue weighted by Crippen LogP contribution is -2.41. The van der Waals surface area contributed by atoms with Crippen molar-refractivity contribution in [2.45, 2.75) is 19.9 Å². The summed E-state index contributed by atoms with van der Waals surface area (Å²) in [4.78, 5) is 12.4. The third-order valence-corrected chi connectivity index (χ3v) is 4.57. The van der Waals surface area contributed by atoms with Crippen LogP contribution in [0.3, 0.4) is 0 Å². The predicted octanol–water partition coefficient (Wildman–Crippen LogP) is 3.08. The summed E-state index contributed by atoms with van der Waals surface area (Å²) in [5.41, 5.74) is 1.89. The summed E-state index contributed by atoms with van der Waals surface area (Å²) in [6.45, 7) is 5.91. The van der Waals surface area contributed by atoms with E-state index in [4.69, 9.17) is 4.74 Å². The van der Waals surface area contributed by atoms with E-state index in [1.54, 1.807) is 0 Å². The van der Waals surface area contributed by atoms with Crippen molar-refractivity contribution in [1.82, 2.24) is 5.32 Å². The molecule has 0 bridgehead atoms. The van der Waals surface area contributed by atoms with Crippen molar-refractivity contribution in [3.63, 3.8) is 0 Å². The molecule has 110 valence electrons. The Labute approximate surface area is 135 Å². The predicted molar refractivity (Wildman–Crippen MR) is 87.0 cm³/mol. The smallest absolute Gasteiger partial charge is 0.231 e. The van der Waals surface area contributed by atoms with E-state index in [1.165, 1.54) is 0 Å². The quantitative estimate of drug-likeness (QED) is 0.809. The number of aryl methyl sites for hydroxylation is 1. The summed E-state index contributed by atoms with van der Waals surface area (Å²) in [5.74, 6) is -0.172. The minimum absolute atomic E-state index is 0.0151. The van der Waals surface area contributed by atoms with Gasteiger partial charge in [-0.3, -0.25) is 4.79 Å². The molecule has 4 nitrogen and oxygen atoms in total. The maximum atomic E-state index is 12.4. The molecule has 0 saturated carbocycles. The highest BCUT2D eigenvalue weighted by Gasteiger charge is 2.33. The molecular weight excluding hydrogens is 388 g/mol. The molecule has 0 aliphatic carbocycles. The fraction of sp³-hybridized carbons (Fsp3) is 0.500. The van der Waals surface area contributed by atoms with Crippen LogP contribution in [-0.4, -0.2) is 31.7 Å². The van der Waals surface area contributed by atoms with Crippen LogP contribution in [0, 0.1) is 12.8 Å². The topological polar surface area (TPSA) is 50.4 Å².